The highest BCUT2D eigenvalue weighted by Gasteiger charge is 2.31. The highest BCUT2D eigenvalue weighted by Crippen LogP contribution is 2.35. The topological polar surface area (TPSA) is 139 Å². The molecular weight excluding hydrogens is 564 g/mol. The van der Waals surface area contributed by atoms with Gasteiger partial charge in [0.25, 0.3) is 5.82 Å². The minimum Gasteiger partial charge on any atom is -0.496 e. The van der Waals surface area contributed by atoms with E-state index in [-0.39, 0.29) is 17.8 Å². The van der Waals surface area contributed by atoms with Gasteiger partial charge in [-0.2, -0.15) is 5.10 Å². The number of aromatic amines is 1. The van der Waals surface area contributed by atoms with Crippen molar-refractivity contribution in [2.45, 2.75) is 65.6 Å². The minimum atomic E-state index is -0.681. The molecule has 44 heavy (non-hydrogen) atoms. The van der Waals surface area contributed by atoms with Gasteiger partial charge in [-0.25, -0.2) is 14.6 Å². The molecule has 0 saturated carbocycles. The molecule has 0 bridgehead atoms. The highest BCUT2D eigenvalue weighted by molar-refractivity contribution is 5.89. The Hall–Kier alpha value is -4.86. The van der Waals surface area contributed by atoms with Gasteiger partial charge in [-0.05, 0) is 72.4 Å². The number of benzene rings is 1. The Labute approximate surface area is 257 Å². The molecule has 0 unspecified atom stereocenters. The lowest BCUT2D eigenvalue weighted by atomic mass is 9.96. The van der Waals surface area contributed by atoms with Gasteiger partial charge in [0.2, 0.25) is 0 Å². The Morgan fingerprint density at radius 1 is 1.05 bits per heavy atom. The van der Waals surface area contributed by atoms with E-state index in [1.807, 2.05) is 53.7 Å². The molecule has 0 aliphatic carbocycles. The number of carbonyl (C=O) groups is 2. The summed E-state index contributed by atoms with van der Waals surface area (Å²) in [6, 6.07) is 7.31. The lowest BCUT2D eigenvalue weighted by Crippen LogP contribution is -2.45. The second kappa shape index (κ2) is 13.2. The monoisotopic (exact) mass is 604 g/mol. The maximum atomic E-state index is 13.5. The number of hydrogen-bond acceptors (Lipinski definition) is 9. The highest BCUT2D eigenvalue weighted by atomic mass is 16.6. The van der Waals surface area contributed by atoms with E-state index in [1.54, 1.807) is 29.0 Å². The lowest BCUT2D eigenvalue weighted by Gasteiger charge is -2.36. The Balaban J connectivity index is 1.52. The van der Waals surface area contributed by atoms with E-state index in [0.29, 0.717) is 48.4 Å². The molecule has 2 N–H and O–H groups in total. The number of aromatic nitrogens is 4. The van der Waals surface area contributed by atoms with Crippen molar-refractivity contribution in [3.63, 3.8) is 0 Å². The van der Waals surface area contributed by atoms with Gasteiger partial charge in [-0.1, -0.05) is 6.57 Å². The van der Waals surface area contributed by atoms with Crippen LogP contribution in [-0.4, -0.2) is 75.2 Å². The molecule has 4 rings (SSSR count). The zero-order valence-electron chi connectivity index (χ0n) is 26.3. The minimum absolute atomic E-state index is 0.153. The third-order valence-corrected chi connectivity index (χ3v) is 6.69. The molecule has 1 fully saturated rings. The fourth-order valence-electron chi connectivity index (χ4n) is 4.65. The van der Waals surface area contributed by atoms with E-state index < -0.39 is 17.3 Å². The molecule has 0 spiro atoms. The molecule has 0 atom stereocenters. The number of nitrogens with one attached hydrogen (secondary N) is 2. The Morgan fingerprint density at radius 2 is 1.75 bits per heavy atom. The van der Waals surface area contributed by atoms with Crippen LogP contribution in [0.15, 0.2) is 36.7 Å². The molecule has 13 heteroatoms. The standard InChI is InChI=1S/C31H40N8O5/c1-30(2,3)43-28(40)38-13-11-20(12-14-38)19-39(29(41)44-31(4,5)6)21-9-10-22(24(15-21)42-8)23-16-25(37-36-23)35-27-18-33-26(32-7)17-34-27/h9-10,15-18,20H,11-14,19H2,1-6,8H3,(H2,34,35,36,37). The number of amides is 2. The van der Waals surface area contributed by atoms with E-state index in [2.05, 4.69) is 30.3 Å². The Morgan fingerprint density at radius 3 is 2.34 bits per heavy atom. The van der Waals surface area contributed by atoms with Gasteiger partial charge in [0.05, 0.1) is 24.7 Å². The van der Waals surface area contributed by atoms with Crippen LogP contribution >= 0.6 is 0 Å². The first-order valence-electron chi connectivity index (χ1n) is 14.4. The first-order valence-corrected chi connectivity index (χ1v) is 14.4. The smallest absolute Gasteiger partial charge is 0.414 e. The Kier molecular flexibility index (Phi) is 9.62. The van der Waals surface area contributed by atoms with Crippen LogP contribution in [0.3, 0.4) is 0 Å². The van der Waals surface area contributed by atoms with Gasteiger partial charge < -0.3 is 29.3 Å². The largest absolute Gasteiger partial charge is 0.496 e. The molecule has 0 radical (unpaired) electrons. The first-order chi connectivity index (χ1) is 20.7. The van der Waals surface area contributed by atoms with Crippen molar-refractivity contribution < 1.29 is 23.8 Å². The summed E-state index contributed by atoms with van der Waals surface area (Å²) in [5.41, 5.74) is 0.810. The summed E-state index contributed by atoms with van der Waals surface area (Å²) in [5, 5.41) is 10.4. The maximum Gasteiger partial charge on any atom is 0.414 e. The van der Waals surface area contributed by atoms with Gasteiger partial charge in [0.1, 0.15) is 17.0 Å². The van der Waals surface area contributed by atoms with Gasteiger partial charge in [0, 0.05) is 37.3 Å². The van der Waals surface area contributed by atoms with Crippen molar-refractivity contribution in [1.29, 1.82) is 0 Å². The molecule has 234 valence electrons. The average Bonchev–Trinajstić information content (AvgIpc) is 3.42. The van der Waals surface area contributed by atoms with Crippen LogP contribution in [0.4, 0.5) is 32.7 Å². The molecule has 1 aliphatic rings. The van der Waals surface area contributed by atoms with Crippen molar-refractivity contribution >= 4 is 35.3 Å². The van der Waals surface area contributed by atoms with Crippen LogP contribution in [0.5, 0.6) is 5.75 Å². The number of anilines is 3. The van der Waals surface area contributed by atoms with E-state index >= 15 is 0 Å². The fraction of sp³-hybridized carbons (Fsp3) is 0.484. The summed E-state index contributed by atoms with van der Waals surface area (Å²) in [6.45, 7) is 19.6. The number of H-pyrrole nitrogens is 1. The average molecular weight is 605 g/mol. The number of rotatable bonds is 7. The lowest BCUT2D eigenvalue weighted by molar-refractivity contribution is 0.0182. The van der Waals surface area contributed by atoms with Crippen LogP contribution in [0.25, 0.3) is 16.1 Å². The molecule has 13 nitrogen and oxygen atoms in total. The molecule has 2 aromatic heterocycles. The van der Waals surface area contributed by atoms with Gasteiger partial charge in [-0.3, -0.25) is 10.00 Å². The fourth-order valence-corrected chi connectivity index (χ4v) is 4.65. The van der Waals surface area contributed by atoms with Crippen LogP contribution < -0.4 is 15.0 Å². The molecule has 1 aliphatic heterocycles. The van der Waals surface area contributed by atoms with Crippen molar-refractivity contribution in [2.75, 3.05) is 37.0 Å². The molecule has 3 aromatic rings. The van der Waals surface area contributed by atoms with E-state index in [4.69, 9.17) is 20.8 Å². The summed E-state index contributed by atoms with van der Waals surface area (Å²) in [7, 11) is 1.57. The van der Waals surface area contributed by atoms with Crippen molar-refractivity contribution in [2.24, 2.45) is 5.92 Å². The van der Waals surface area contributed by atoms with Crippen molar-refractivity contribution in [3.8, 4) is 17.0 Å². The first kappa shape index (κ1) is 32.1. The number of ether oxygens (including phenoxy) is 3. The second-order valence-corrected chi connectivity index (χ2v) is 12.5. The maximum absolute atomic E-state index is 13.5. The van der Waals surface area contributed by atoms with E-state index in [0.717, 1.165) is 18.4 Å². The zero-order valence-corrected chi connectivity index (χ0v) is 26.3. The van der Waals surface area contributed by atoms with Gasteiger partial charge in [0.15, 0.2) is 17.8 Å². The van der Waals surface area contributed by atoms with E-state index in [1.165, 1.54) is 12.4 Å². The summed E-state index contributed by atoms with van der Waals surface area (Å²) < 4.78 is 17.1. The van der Waals surface area contributed by atoms with Crippen LogP contribution in [0.2, 0.25) is 0 Å². The van der Waals surface area contributed by atoms with Crippen LogP contribution in [-0.2, 0) is 9.47 Å². The summed E-state index contributed by atoms with van der Waals surface area (Å²) in [6.07, 6.45) is 3.52. The molecular formula is C31H40N8O5. The summed E-state index contributed by atoms with van der Waals surface area (Å²) in [5.74, 6) is 1.84. The number of likely N-dealkylation sites (tertiary alicyclic amines) is 1. The predicted molar refractivity (Wildman–Crippen MR) is 166 cm³/mol. The predicted octanol–water partition coefficient (Wildman–Crippen LogP) is 6.56. The molecule has 1 aromatic carbocycles. The molecule has 3 heterocycles. The van der Waals surface area contributed by atoms with Gasteiger partial charge in [-0.15, -0.1) is 4.98 Å². The van der Waals surface area contributed by atoms with E-state index in [9.17, 15) is 9.59 Å². The third kappa shape index (κ3) is 8.59. The third-order valence-electron chi connectivity index (χ3n) is 6.69. The normalized spacial score (nSPS) is 14.0. The number of hydrogen-bond donors (Lipinski definition) is 2. The zero-order chi connectivity index (χ0) is 32.1. The van der Waals surface area contributed by atoms with Crippen molar-refractivity contribution in [1.82, 2.24) is 25.1 Å². The number of piperidine rings is 1. The van der Waals surface area contributed by atoms with Crippen molar-refractivity contribution in [3.05, 3.63) is 48.1 Å². The van der Waals surface area contributed by atoms with Gasteiger partial charge >= 0.3 is 12.2 Å². The number of nitrogens with zero attached hydrogens (tertiary/aromatic N) is 6. The SMILES string of the molecule is [C-]#[N+]c1cnc(Nc2cc(-c3ccc(N(CC4CCN(C(=O)OC(C)(C)C)CC4)C(=O)OC(C)(C)C)cc3OC)[nH]n2)cn1. The second-order valence-electron chi connectivity index (χ2n) is 12.5. The molecule has 1 saturated heterocycles. The number of carbonyl (C=O) groups excluding carboxylic acids is 2. The number of methoxy groups -OCH3 is 1. The quantitative estimate of drug-likeness (QED) is 0.287. The summed E-state index contributed by atoms with van der Waals surface area (Å²) in [4.78, 5) is 40.8. The summed E-state index contributed by atoms with van der Waals surface area (Å²) >= 11 is 0. The molecule has 2 amide bonds. The Bertz CT molecular complexity index is 1490. The van der Waals surface area contributed by atoms with Crippen LogP contribution in [0.1, 0.15) is 54.4 Å². The van der Waals surface area contributed by atoms with Crippen LogP contribution in [0, 0.1) is 12.5 Å².